The molecule has 0 aromatic heterocycles. The van der Waals surface area contributed by atoms with Crippen LogP contribution >= 0.6 is 25.2 Å². The maximum Gasteiger partial charge on any atom is 0.750 e. The summed E-state index contributed by atoms with van der Waals surface area (Å²) in [6.07, 6.45) is 12.7. The number of rotatable bonds is 24. The van der Waals surface area contributed by atoms with E-state index in [0.29, 0.717) is 50.9 Å². The summed E-state index contributed by atoms with van der Waals surface area (Å²) in [5, 5.41) is 0. The average molecular weight is 805 g/mol. The summed E-state index contributed by atoms with van der Waals surface area (Å²) in [4.78, 5) is 36.2. The van der Waals surface area contributed by atoms with Crippen LogP contribution in [-0.4, -0.2) is 58.6 Å². The van der Waals surface area contributed by atoms with E-state index >= 15 is 0 Å². The van der Waals surface area contributed by atoms with Crippen molar-refractivity contribution in [3.05, 3.63) is 60.7 Å². The largest absolute Gasteiger partial charge is 0.750 e. The second kappa shape index (κ2) is 41.3. The zero-order valence-corrected chi connectivity index (χ0v) is 33.4. The van der Waals surface area contributed by atoms with Gasteiger partial charge in [0.15, 0.2) is 11.5 Å². The van der Waals surface area contributed by atoms with E-state index in [-0.39, 0.29) is 14.8 Å². The van der Waals surface area contributed by atoms with E-state index in [1.807, 2.05) is 18.9 Å². The van der Waals surface area contributed by atoms with Crippen LogP contribution in [0.2, 0.25) is 0 Å². The van der Waals surface area contributed by atoms with E-state index in [4.69, 9.17) is 32.2 Å². The average Bonchev–Trinajstić information content (AvgIpc) is 3.17. The van der Waals surface area contributed by atoms with Crippen LogP contribution in [0, 0.1) is 5.92 Å². The molecule has 1 aliphatic rings. The lowest BCUT2D eigenvalue weighted by atomic mass is 9.89. The predicted molar refractivity (Wildman–Crippen MR) is 201 cm³/mol. The number of carbonyl (C=O) groups is 4. The van der Waals surface area contributed by atoms with E-state index in [0.717, 1.165) is 76.4 Å². The normalized spacial score (nSPS) is 14.6. The number of aldehydes is 1. The second-order valence-corrected chi connectivity index (χ2v) is 13.1. The maximum absolute atomic E-state index is 11.6. The first-order chi connectivity index (χ1) is 25.9. The first-order valence-electron chi connectivity index (χ1n) is 17.3. The van der Waals surface area contributed by atoms with Crippen molar-refractivity contribution in [1.29, 1.82) is 0 Å². The molecule has 3 rings (SSSR count). The third-order valence-corrected chi connectivity index (χ3v) is 8.73. The Bertz CT molecular complexity index is 1100. The maximum atomic E-state index is 11.6. The summed E-state index contributed by atoms with van der Waals surface area (Å²) >= 11 is 0. The number of carbonyl (C=O) groups excluding carboxylic acids is 4. The first kappa shape index (κ1) is 51.6. The molecule has 1 fully saturated rings. The monoisotopic (exact) mass is 804 g/mol. The van der Waals surface area contributed by atoms with Gasteiger partial charge in [0.05, 0.1) is 19.3 Å². The molecule has 0 N–H and O–H groups in total. The van der Waals surface area contributed by atoms with Gasteiger partial charge in [0.1, 0.15) is 26.3 Å². The quantitative estimate of drug-likeness (QED) is 0.0555. The van der Waals surface area contributed by atoms with Crippen molar-refractivity contribution in [2.75, 3.05) is 26.4 Å². The van der Waals surface area contributed by atoms with E-state index in [1.54, 1.807) is 48.5 Å². The molecule has 17 heteroatoms. The second-order valence-electron chi connectivity index (χ2n) is 11.0. The molecule has 2 atom stereocenters. The van der Waals surface area contributed by atoms with Gasteiger partial charge in [-0.25, -0.2) is 13.6 Å². The Hall–Kier alpha value is -3.50. The summed E-state index contributed by atoms with van der Waals surface area (Å²) in [7, 11) is -4.45. The summed E-state index contributed by atoms with van der Waals surface area (Å²) in [6, 6.07) is 17.8. The molecule has 296 valence electrons. The van der Waals surface area contributed by atoms with Crippen molar-refractivity contribution in [1.82, 2.24) is 0 Å². The van der Waals surface area contributed by atoms with Crippen LogP contribution in [0.1, 0.15) is 90.9 Å². The third-order valence-electron chi connectivity index (χ3n) is 6.84. The molecule has 0 bridgehead atoms. The van der Waals surface area contributed by atoms with E-state index in [9.17, 15) is 23.3 Å². The van der Waals surface area contributed by atoms with E-state index in [1.165, 1.54) is 19.8 Å². The molecule has 0 aliphatic heterocycles. The van der Waals surface area contributed by atoms with Crippen LogP contribution in [0.4, 0.5) is 0 Å². The Morgan fingerprint density at radius 3 is 1.34 bits per heavy atom. The van der Waals surface area contributed by atoms with Crippen molar-refractivity contribution in [3.63, 3.8) is 0 Å². The molecule has 0 spiro atoms. The van der Waals surface area contributed by atoms with E-state index in [2.05, 4.69) is 16.4 Å². The number of para-hydroxylation sites is 2. The van der Waals surface area contributed by atoms with Crippen molar-refractivity contribution in [2.45, 2.75) is 97.0 Å². The molecule has 1 saturated carbocycles. The van der Waals surface area contributed by atoms with Gasteiger partial charge in [-0.05, 0) is 101 Å². The molecule has 1 aliphatic carbocycles. The number of hydrogen-bond donors (Lipinski definition) is 0. The number of benzene rings is 2. The molecule has 2 aromatic rings. The Morgan fingerprint density at radius 1 is 0.642 bits per heavy atom. The van der Waals surface area contributed by atoms with Crippen molar-refractivity contribution in [2.24, 2.45) is 5.92 Å². The van der Waals surface area contributed by atoms with E-state index < -0.39 is 16.5 Å². The highest BCUT2D eigenvalue weighted by atomic mass is 31.1. The van der Waals surface area contributed by atoms with Crippen LogP contribution in [-0.2, 0) is 55.9 Å². The fraction of sp³-hybridized carbons (Fsp3) is 0.556. The minimum Gasteiger partial charge on any atom is -0.468 e. The minimum atomic E-state index is -2.15. The van der Waals surface area contributed by atoms with Gasteiger partial charge in [-0.1, -0.05) is 56.2 Å². The molecule has 0 amide bonds. The van der Waals surface area contributed by atoms with Gasteiger partial charge < -0.3 is 19.1 Å². The van der Waals surface area contributed by atoms with Crippen LogP contribution in [0.3, 0.4) is 0 Å². The van der Waals surface area contributed by atoms with Gasteiger partial charge in [-0.2, -0.15) is 0 Å². The molecular weight excluding hydrogens is 749 g/mol. The van der Waals surface area contributed by atoms with Gasteiger partial charge in [0, 0.05) is 9.13 Å². The molecule has 14 nitrogen and oxygen atoms in total. The lowest BCUT2D eigenvalue weighted by molar-refractivity contribution is -0.129. The first-order valence-corrected chi connectivity index (χ1v) is 20.3. The van der Waals surface area contributed by atoms with Crippen molar-refractivity contribution in [3.8, 4) is 11.5 Å². The summed E-state index contributed by atoms with van der Waals surface area (Å²) in [6.45, 7) is 8.31. The Balaban J connectivity index is 0. The fourth-order valence-electron chi connectivity index (χ4n) is 4.24. The smallest absolute Gasteiger partial charge is 0.468 e. The number of hydrogen-bond acceptors (Lipinski definition) is 14. The Kier molecular flexibility index (Phi) is 40.2. The predicted octanol–water partition coefficient (Wildman–Crippen LogP) is 9.75. The van der Waals surface area contributed by atoms with Gasteiger partial charge in [-0.15, -0.1) is 9.05 Å². The van der Waals surface area contributed by atoms with Gasteiger partial charge in [-0.3, -0.25) is 14.1 Å². The highest BCUT2D eigenvalue weighted by molar-refractivity contribution is 7.34. The van der Waals surface area contributed by atoms with Gasteiger partial charge >= 0.3 is 25.2 Å². The topological polar surface area (TPSA) is 184 Å². The summed E-state index contributed by atoms with van der Waals surface area (Å²) < 4.78 is 67.8. The third kappa shape index (κ3) is 36.6. The molecule has 2 unspecified atom stereocenters. The highest BCUT2D eigenvalue weighted by Gasteiger charge is 2.22. The zero-order chi connectivity index (χ0) is 39.6. The fourth-order valence-corrected chi connectivity index (χ4v) is 5.82. The van der Waals surface area contributed by atoms with Crippen LogP contribution in [0.15, 0.2) is 60.7 Å². The highest BCUT2D eigenvalue weighted by Crippen LogP contribution is 2.29. The molecule has 0 radical (unpaired) electrons. The van der Waals surface area contributed by atoms with Gasteiger partial charge in [0.2, 0.25) is 0 Å². The standard InChI is InChI=1S/C18H22O6P2.C8H14O4.C7H13O2P.C2H4O.CH2O/c19-25(23-17-11-5-3-6-12-17)21-15-9-1-2-10-16-22-26(20)24-18-13-7-4-8-14-18;9-7-11-5-3-1-2-4-6-12-8-10;1-6-2-4-7(5-3-6)9-10-8;1-2-3;1-2/h3-8,11-14H,1-2,9-10,15-16H2;7-8H,1-6H2;6-7H,2-5H2,1H3;2H,1H3;1H2/q+2;;;;. The van der Waals surface area contributed by atoms with Crippen molar-refractivity contribution < 1.29 is 65.0 Å². The summed E-state index contributed by atoms with van der Waals surface area (Å²) in [5.74, 6) is 1.89. The molecular formula is C36H55O14P3+2. The molecule has 53 heavy (non-hydrogen) atoms. The molecule has 2 aromatic carbocycles. The Labute approximate surface area is 317 Å². The molecule has 0 saturated heterocycles. The molecule has 0 heterocycles. The lowest BCUT2D eigenvalue weighted by Gasteiger charge is -2.23. The SMILES string of the molecule is C=O.CC1CCC(OP=O)CC1.CC=O.O=COCCCCCCOC=O.O=[P+](OCCCCCCO[P+](=O)Oc1ccccc1)Oc1ccccc1. The van der Waals surface area contributed by atoms with Gasteiger partial charge in [0.25, 0.3) is 12.9 Å². The lowest BCUT2D eigenvalue weighted by Crippen LogP contribution is -2.16. The Morgan fingerprint density at radius 2 is 1.00 bits per heavy atom. The van der Waals surface area contributed by atoms with Crippen LogP contribution < -0.4 is 9.05 Å². The number of unbranched alkanes of at least 4 members (excludes halogenated alkanes) is 6. The van der Waals surface area contributed by atoms with Crippen LogP contribution in [0.25, 0.3) is 0 Å². The summed E-state index contributed by atoms with van der Waals surface area (Å²) in [5.41, 5.74) is 0. The minimum absolute atomic E-state index is 0.155. The van der Waals surface area contributed by atoms with Crippen LogP contribution in [0.5, 0.6) is 11.5 Å². The van der Waals surface area contributed by atoms with Crippen molar-refractivity contribution >= 4 is 51.2 Å². The number of ether oxygens (including phenoxy) is 2. The zero-order valence-electron chi connectivity index (χ0n) is 30.7.